The van der Waals surface area contributed by atoms with Crippen LogP contribution < -0.4 is 10.6 Å². The van der Waals surface area contributed by atoms with Crippen LogP contribution in [0.15, 0.2) is 54.7 Å². The molecular weight excluding hydrogens is 414 g/mol. The highest BCUT2D eigenvalue weighted by molar-refractivity contribution is 5.94. The molecule has 0 saturated heterocycles. The Kier molecular flexibility index (Phi) is 7.46. The zero-order valence-electron chi connectivity index (χ0n) is 19.3. The van der Waals surface area contributed by atoms with Crippen LogP contribution >= 0.6 is 0 Å². The average Bonchev–Trinajstić information content (AvgIpc) is 3.56. The summed E-state index contributed by atoms with van der Waals surface area (Å²) in [5, 5.41) is 16.5. The fraction of sp³-hybridized carbons (Fsp3) is 0.481. The number of allylic oxidation sites excluding steroid dienone is 2. The smallest absolute Gasteiger partial charge is 0.251 e. The summed E-state index contributed by atoms with van der Waals surface area (Å²) < 4.78 is 0. The SMILES string of the molecule is C=CC1=C(C=C)CC(NCC(O)CNC(=O)c2ccc3c(c2)CN(C(=O)CC2CC2)CC3)C1. The third kappa shape index (κ3) is 6.01. The van der Waals surface area contributed by atoms with Crippen molar-refractivity contribution in [2.75, 3.05) is 19.6 Å². The van der Waals surface area contributed by atoms with Gasteiger partial charge in [-0.25, -0.2) is 0 Å². The molecule has 1 saturated carbocycles. The average molecular weight is 450 g/mol. The number of fused-ring (bicyclic) bond motifs is 1. The minimum Gasteiger partial charge on any atom is -0.390 e. The normalized spacial score (nSPS) is 19.2. The Morgan fingerprint density at radius 1 is 1.12 bits per heavy atom. The van der Waals surface area contributed by atoms with Gasteiger partial charge in [-0.1, -0.05) is 31.4 Å². The Labute approximate surface area is 196 Å². The van der Waals surface area contributed by atoms with Crippen LogP contribution in [-0.2, 0) is 17.8 Å². The summed E-state index contributed by atoms with van der Waals surface area (Å²) in [5.74, 6) is 0.602. The lowest BCUT2D eigenvalue weighted by Crippen LogP contribution is -2.41. The Bertz CT molecular complexity index is 943. The summed E-state index contributed by atoms with van der Waals surface area (Å²) in [7, 11) is 0. The molecule has 0 spiro atoms. The molecule has 0 radical (unpaired) electrons. The van der Waals surface area contributed by atoms with Crippen molar-refractivity contribution in [2.24, 2.45) is 5.92 Å². The van der Waals surface area contributed by atoms with Gasteiger partial charge in [0.2, 0.25) is 5.91 Å². The van der Waals surface area contributed by atoms with E-state index in [2.05, 4.69) is 23.8 Å². The van der Waals surface area contributed by atoms with E-state index in [0.29, 0.717) is 31.0 Å². The van der Waals surface area contributed by atoms with E-state index in [4.69, 9.17) is 0 Å². The zero-order chi connectivity index (χ0) is 23.4. The fourth-order valence-electron chi connectivity index (χ4n) is 4.74. The maximum atomic E-state index is 12.7. The van der Waals surface area contributed by atoms with Crippen LogP contribution in [-0.4, -0.2) is 53.6 Å². The highest BCUT2D eigenvalue weighted by atomic mass is 16.3. The van der Waals surface area contributed by atoms with E-state index in [1.54, 1.807) is 0 Å². The lowest BCUT2D eigenvalue weighted by atomic mass is 9.96. The van der Waals surface area contributed by atoms with Crippen molar-refractivity contribution in [2.45, 2.75) is 57.2 Å². The molecular formula is C27H35N3O3. The standard InChI is InChI=1S/C27H35N3O3/c1-3-19-13-24(14-20(19)4-2)28-15-25(31)16-29-27(33)22-8-7-21-9-10-30(17-23(21)12-22)26(32)11-18-5-6-18/h3-4,7-8,12,18,24-25,28,31H,1-2,5-6,9-11,13-17H2,(H,29,33). The second-order valence-electron chi connectivity index (χ2n) is 9.53. The molecule has 33 heavy (non-hydrogen) atoms. The van der Waals surface area contributed by atoms with Gasteiger partial charge in [0.15, 0.2) is 0 Å². The predicted octanol–water partition coefficient (Wildman–Crippen LogP) is 2.88. The molecule has 0 aromatic heterocycles. The Hall–Kier alpha value is -2.70. The number of aliphatic hydroxyl groups is 1. The van der Waals surface area contributed by atoms with Crippen molar-refractivity contribution in [1.29, 1.82) is 0 Å². The number of carbonyl (C=O) groups is 2. The Balaban J connectivity index is 1.24. The number of benzene rings is 1. The summed E-state index contributed by atoms with van der Waals surface area (Å²) >= 11 is 0. The van der Waals surface area contributed by atoms with E-state index < -0.39 is 6.10 Å². The van der Waals surface area contributed by atoms with Crippen molar-refractivity contribution >= 4 is 11.8 Å². The third-order valence-corrected chi connectivity index (χ3v) is 6.97. The molecule has 3 N–H and O–H groups in total. The van der Waals surface area contributed by atoms with E-state index in [9.17, 15) is 14.7 Å². The number of hydrogen-bond donors (Lipinski definition) is 3. The molecule has 0 bridgehead atoms. The number of nitrogens with one attached hydrogen (secondary N) is 2. The molecule has 1 unspecified atom stereocenters. The van der Waals surface area contributed by atoms with Gasteiger partial charge in [0.05, 0.1) is 6.10 Å². The maximum Gasteiger partial charge on any atom is 0.251 e. The quantitative estimate of drug-likeness (QED) is 0.513. The minimum absolute atomic E-state index is 0.178. The van der Waals surface area contributed by atoms with Gasteiger partial charge in [-0.3, -0.25) is 9.59 Å². The largest absolute Gasteiger partial charge is 0.390 e. The molecule has 6 nitrogen and oxygen atoms in total. The summed E-state index contributed by atoms with van der Waals surface area (Å²) in [4.78, 5) is 27.1. The van der Waals surface area contributed by atoms with E-state index >= 15 is 0 Å². The molecule has 1 fully saturated rings. The molecule has 1 heterocycles. The fourth-order valence-corrected chi connectivity index (χ4v) is 4.74. The second kappa shape index (κ2) is 10.5. The van der Waals surface area contributed by atoms with Crippen molar-refractivity contribution in [1.82, 2.24) is 15.5 Å². The Morgan fingerprint density at radius 3 is 2.52 bits per heavy atom. The van der Waals surface area contributed by atoms with Crippen LogP contribution in [0.1, 0.15) is 53.6 Å². The number of amides is 2. The first-order valence-electron chi connectivity index (χ1n) is 12.0. The monoisotopic (exact) mass is 449 g/mol. The molecule has 176 valence electrons. The van der Waals surface area contributed by atoms with Crippen LogP contribution in [0.2, 0.25) is 0 Å². The third-order valence-electron chi connectivity index (χ3n) is 6.97. The van der Waals surface area contributed by atoms with Gasteiger partial charge in [0, 0.05) is 44.2 Å². The topological polar surface area (TPSA) is 81.7 Å². The summed E-state index contributed by atoms with van der Waals surface area (Å²) in [6.07, 6.45) is 8.64. The van der Waals surface area contributed by atoms with Crippen molar-refractivity contribution in [3.05, 3.63) is 71.3 Å². The second-order valence-corrected chi connectivity index (χ2v) is 9.53. The van der Waals surface area contributed by atoms with E-state index in [1.807, 2.05) is 35.3 Å². The van der Waals surface area contributed by atoms with Crippen LogP contribution in [0, 0.1) is 5.92 Å². The van der Waals surface area contributed by atoms with Crippen molar-refractivity contribution in [3.8, 4) is 0 Å². The van der Waals surface area contributed by atoms with Crippen molar-refractivity contribution < 1.29 is 14.7 Å². The van der Waals surface area contributed by atoms with E-state index in [-0.39, 0.29) is 24.4 Å². The number of carbonyl (C=O) groups excluding carboxylic acids is 2. The number of aliphatic hydroxyl groups excluding tert-OH is 1. The van der Waals surface area contributed by atoms with Gasteiger partial charge in [-0.2, -0.15) is 0 Å². The lowest BCUT2D eigenvalue weighted by Gasteiger charge is -2.29. The summed E-state index contributed by atoms with van der Waals surface area (Å²) in [5.41, 5.74) is 5.21. The highest BCUT2D eigenvalue weighted by Gasteiger charge is 2.29. The van der Waals surface area contributed by atoms with Crippen molar-refractivity contribution in [3.63, 3.8) is 0 Å². The predicted molar refractivity (Wildman–Crippen MR) is 130 cm³/mol. The van der Waals surface area contributed by atoms with Crippen LogP contribution in [0.3, 0.4) is 0 Å². The van der Waals surface area contributed by atoms with Crippen LogP contribution in [0.4, 0.5) is 0 Å². The minimum atomic E-state index is -0.679. The number of rotatable bonds is 10. The molecule has 1 aromatic carbocycles. The van der Waals surface area contributed by atoms with E-state index in [1.165, 1.54) is 29.6 Å². The maximum absolute atomic E-state index is 12.7. The molecule has 1 aromatic rings. The molecule has 3 aliphatic rings. The van der Waals surface area contributed by atoms with Gasteiger partial charge < -0.3 is 20.6 Å². The first-order valence-corrected chi connectivity index (χ1v) is 12.0. The van der Waals surface area contributed by atoms with Gasteiger partial charge in [0.25, 0.3) is 5.91 Å². The first-order chi connectivity index (χ1) is 16.0. The van der Waals surface area contributed by atoms with Crippen LogP contribution in [0.5, 0.6) is 0 Å². The molecule has 4 rings (SSSR count). The molecule has 1 atom stereocenters. The summed E-state index contributed by atoms with van der Waals surface area (Å²) in [6, 6.07) is 5.97. The van der Waals surface area contributed by atoms with Gasteiger partial charge >= 0.3 is 0 Å². The molecule has 1 aliphatic heterocycles. The summed E-state index contributed by atoms with van der Waals surface area (Å²) in [6.45, 7) is 9.61. The lowest BCUT2D eigenvalue weighted by molar-refractivity contribution is -0.132. The first kappa shape index (κ1) is 23.5. The highest BCUT2D eigenvalue weighted by Crippen LogP contribution is 2.33. The van der Waals surface area contributed by atoms with Gasteiger partial charge in [0.1, 0.15) is 0 Å². The molecule has 6 heteroatoms. The Morgan fingerprint density at radius 2 is 1.85 bits per heavy atom. The number of nitrogens with zero attached hydrogens (tertiary/aromatic N) is 1. The molecule has 2 aliphatic carbocycles. The number of hydrogen-bond acceptors (Lipinski definition) is 4. The van der Waals surface area contributed by atoms with Gasteiger partial charge in [-0.05, 0) is 72.4 Å². The molecule has 2 amide bonds. The van der Waals surface area contributed by atoms with Gasteiger partial charge in [-0.15, -0.1) is 0 Å². The van der Waals surface area contributed by atoms with E-state index in [0.717, 1.165) is 31.4 Å². The zero-order valence-corrected chi connectivity index (χ0v) is 19.3. The van der Waals surface area contributed by atoms with Crippen LogP contribution in [0.25, 0.3) is 0 Å².